The quantitative estimate of drug-likeness (QED) is 0.641. The summed E-state index contributed by atoms with van der Waals surface area (Å²) < 4.78 is 33.8. The molecule has 0 unspecified atom stereocenters. The third kappa shape index (κ3) is 6.02. The van der Waals surface area contributed by atoms with Gasteiger partial charge in [-0.3, -0.25) is 9.80 Å². The Morgan fingerprint density at radius 3 is 2.82 bits per heavy atom. The summed E-state index contributed by atoms with van der Waals surface area (Å²) in [4.78, 5) is 27.9. The first-order valence-electron chi connectivity index (χ1n) is 10.7. The Balaban J connectivity index is 0.00000324. The average molecular weight is 512 g/mol. The minimum atomic E-state index is -0.708. The third-order valence-electron chi connectivity index (χ3n) is 5.17. The van der Waals surface area contributed by atoms with E-state index in [1.165, 1.54) is 22.1 Å². The minimum absolute atomic E-state index is 0. The van der Waals surface area contributed by atoms with E-state index in [-0.39, 0.29) is 31.3 Å². The number of aromatic nitrogens is 2. The lowest BCUT2D eigenvalue weighted by Crippen LogP contribution is -2.42. The van der Waals surface area contributed by atoms with E-state index in [0.717, 1.165) is 30.3 Å². The molecule has 184 valence electrons. The summed E-state index contributed by atoms with van der Waals surface area (Å²) >= 11 is 0.956. The maximum absolute atomic E-state index is 14.8. The van der Waals surface area contributed by atoms with Gasteiger partial charge in [0.05, 0.1) is 36.7 Å². The zero-order valence-corrected chi connectivity index (χ0v) is 20.7. The van der Waals surface area contributed by atoms with Gasteiger partial charge in [0.15, 0.2) is 5.82 Å². The van der Waals surface area contributed by atoms with Gasteiger partial charge in [0, 0.05) is 12.1 Å². The number of nitrogens with zero attached hydrogens (tertiary/aromatic N) is 4. The van der Waals surface area contributed by atoms with E-state index in [0.29, 0.717) is 23.6 Å². The van der Waals surface area contributed by atoms with Crippen molar-refractivity contribution < 1.29 is 23.5 Å². The normalized spacial score (nSPS) is 18.1. The molecular formula is C22H27ClFN5O4S. The molecule has 2 aromatic rings. The predicted octanol–water partition coefficient (Wildman–Crippen LogP) is 4.24. The molecular weight excluding hydrogens is 485 g/mol. The lowest BCUT2D eigenvalue weighted by molar-refractivity contribution is 0.0557. The number of cyclic esters (lactones) is 1. The predicted molar refractivity (Wildman–Crippen MR) is 130 cm³/mol. The maximum Gasteiger partial charge on any atom is 0.416 e. The Morgan fingerprint density at radius 2 is 2.21 bits per heavy atom. The highest BCUT2D eigenvalue weighted by Crippen LogP contribution is 2.29. The van der Waals surface area contributed by atoms with E-state index in [1.807, 2.05) is 6.08 Å². The first-order valence-corrected chi connectivity index (χ1v) is 11.4. The van der Waals surface area contributed by atoms with Gasteiger partial charge in [0.25, 0.3) is 0 Å². The zero-order valence-electron chi connectivity index (χ0n) is 19.1. The van der Waals surface area contributed by atoms with E-state index in [9.17, 15) is 14.0 Å². The first-order chi connectivity index (χ1) is 15.7. The fourth-order valence-corrected chi connectivity index (χ4v) is 4.11. The highest BCUT2D eigenvalue weighted by atomic mass is 35.5. The van der Waals surface area contributed by atoms with Crippen molar-refractivity contribution in [1.29, 1.82) is 0 Å². The molecule has 1 aromatic carbocycles. The smallest absolute Gasteiger partial charge is 0.416 e. The lowest BCUT2D eigenvalue weighted by atomic mass is 9.99. The van der Waals surface area contributed by atoms with Gasteiger partial charge in [-0.15, -0.1) is 12.4 Å². The van der Waals surface area contributed by atoms with Gasteiger partial charge in [-0.2, -0.15) is 8.75 Å². The second-order valence-electron chi connectivity index (χ2n) is 8.82. The van der Waals surface area contributed by atoms with Crippen LogP contribution in [0.25, 0.3) is 5.57 Å². The van der Waals surface area contributed by atoms with Crippen LogP contribution in [0.2, 0.25) is 0 Å². The number of anilines is 2. The third-order valence-corrected chi connectivity index (χ3v) is 5.64. The standard InChI is InChI=1S/C22H26FN5O4S.ClH/c1-22(2,3)32-21(30)28(19-11-25-33-26-19)13-16-12-27(20(29)31-16)15-4-5-17(18(23)10-15)14-6-8-24-9-7-14;/h4-6,10-11,16,24H,7-9,12-13H2,1-3H3;1H/t16-;/m1./s1. The molecule has 0 saturated carbocycles. The summed E-state index contributed by atoms with van der Waals surface area (Å²) in [6.07, 6.45) is 2.30. The van der Waals surface area contributed by atoms with Crippen LogP contribution in [0.15, 0.2) is 30.5 Å². The van der Waals surface area contributed by atoms with Crippen LogP contribution in [-0.4, -0.2) is 58.8 Å². The van der Waals surface area contributed by atoms with E-state index in [4.69, 9.17) is 9.47 Å². The van der Waals surface area contributed by atoms with Crippen LogP contribution < -0.4 is 15.1 Å². The van der Waals surface area contributed by atoms with Crippen molar-refractivity contribution in [1.82, 2.24) is 14.1 Å². The zero-order chi connectivity index (χ0) is 23.6. The number of carbonyl (C=O) groups is 2. The van der Waals surface area contributed by atoms with Crippen molar-refractivity contribution in [3.63, 3.8) is 0 Å². The van der Waals surface area contributed by atoms with E-state index < -0.39 is 23.9 Å². The Hall–Kier alpha value is -2.76. The second-order valence-corrected chi connectivity index (χ2v) is 9.38. The van der Waals surface area contributed by atoms with E-state index in [2.05, 4.69) is 14.1 Å². The molecule has 1 fully saturated rings. The monoisotopic (exact) mass is 511 g/mol. The minimum Gasteiger partial charge on any atom is -0.443 e. The highest BCUT2D eigenvalue weighted by molar-refractivity contribution is 6.99. The molecule has 4 rings (SSSR count). The molecule has 1 saturated heterocycles. The van der Waals surface area contributed by atoms with Crippen molar-refractivity contribution in [2.75, 3.05) is 36.0 Å². The van der Waals surface area contributed by atoms with Gasteiger partial charge in [-0.05, 0) is 57.5 Å². The van der Waals surface area contributed by atoms with Crippen LogP contribution in [0.3, 0.4) is 0 Å². The summed E-state index contributed by atoms with van der Waals surface area (Å²) in [6, 6.07) is 4.75. The summed E-state index contributed by atoms with van der Waals surface area (Å²) in [5.41, 5.74) is 1.18. The molecule has 2 amide bonds. The van der Waals surface area contributed by atoms with Crippen LogP contribution in [-0.2, 0) is 9.47 Å². The van der Waals surface area contributed by atoms with Gasteiger partial charge in [-0.1, -0.05) is 6.08 Å². The molecule has 34 heavy (non-hydrogen) atoms. The Labute approximate surface area is 207 Å². The highest BCUT2D eigenvalue weighted by Gasteiger charge is 2.37. The Morgan fingerprint density at radius 1 is 1.41 bits per heavy atom. The van der Waals surface area contributed by atoms with Crippen LogP contribution >= 0.6 is 24.1 Å². The molecule has 0 aliphatic carbocycles. The van der Waals surface area contributed by atoms with Crippen molar-refractivity contribution in [2.24, 2.45) is 0 Å². The van der Waals surface area contributed by atoms with Crippen molar-refractivity contribution in [3.05, 3.63) is 41.9 Å². The van der Waals surface area contributed by atoms with Gasteiger partial charge in [-0.25, -0.2) is 14.0 Å². The molecule has 0 radical (unpaired) electrons. The van der Waals surface area contributed by atoms with Crippen LogP contribution in [0.5, 0.6) is 0 Å². The molecule has 3 heterocycles. The van der Waals surface area contributed by atoms with Crippen LogP contribution in [0.4, 0.5) is 25.5 Å². The maximum atomic E-state index is 14.8. The number of rotatable bonds is 5. The fraction of sp³-hybridized carbons (Fsp3) is 0.455. The molecule has 0 bridgehead atoms. The van der Waals surface area contributed by atoms with Crippen molar-refractivity contribution in [3.8, 4) is 0 Å². The van der Waals surface area contributed by atoms with Crippen LogP contribution in [0, 0.1) is 5.82 Å². The second kappa shape index (κ2) is 10.7. The summed E-state index contributed by atoms with van der Waals surface area (Å²) in [5.74, 6) is -0.0739. The van der Waals surface area contributed by atoms with E-state index in [1.54, 1.807) is 32.9 Å². The van der Waals surface area contributed by atoms with Crippen molar-refractivity contribution in [2.45, 2.75) is 38.9 Å². The largest absolute Gasteiger partial charge is 0.443 e. The number of halogens is 2. The molecule has 1 N–H and O–H groups in total. The molecule has 0 spiro atoms. The fourth-order valence-electron chi connectivity index (χ4n) is 3.69. The van der Waals surface area contributed by atoms with Crippen LogP contribution in [0.1, 0.15) is 32.8 Å². The number of amides is 2. The number of hydrogen-bond acceptors (Lipinski definition) is 8. The van der Waals surface area contributed by atoms with E-state index >= 15 is 0 Å². The molecule has 2 aliphatic heterocycles. The topological polar surface area (TPSA) is 96.9 Å². The SMILES string of the molecule is CC(C)(C)OC(=O)N(C[C@H]1CN(c2ccc(C3=CCNCC3)c(F)c2)C(=O)O1)c1cnsn1.Cl. The molecule has 2 aliphatic rings. The van der Waals surface area contributed by atoms with Gasteiger partial charge >= 0.3 is 12.2 Å². The Kier molecular flexibility index (Phi) is 8.11. The number of benzene rings is 1. The first kappa shape index (κ1) is 25.9. The molecule has 1 atom stereocenters. The van der Waals surface area contributed by atoms with Gasteiger partial charge in [0.1, 0.15) is 17.5 Å². The summed E-state index contributed by atoms with van der Waals surface area (Å²) in [7, 11) is 0. The molecule has 9 nitrogen and oxygen atoms in total. The number of nitrogens with one attached hydrogen (secondary N) is 1. The molecule has 12 heteroatoms. The summed E-state index contributed by atoms with van der Waals surface area (Å²) in [5, 5.41) is 3.20. The van der Waals surface area contributed by atoms with Crippen molar-refractivity contribution >= 4 is 53.4 Å². The number of ether oxygens (including phenoxy) is 2. The number of hydrogen-bond donors (Lipinski definition) is 1. The van der Waals surface area contributed by atoms with Gasteiger partial charge in [0.2, 0.25) is 0 Å². The summed E-state index contributed by atoms with van der Waals surface area (Å²) in [6.45, 7) is 6.98. The Bertz CT molecular complexity index is 1060. The number of carbonyl (C=O) groups excluding carboxylic acids is 2. The van der Waals surface area contributed by atoms with Gasteiger partial charge < -0.3 is 14.8 Å². The molecule has 1 aromatic heterocycles. The average Bonchev–Trinajstić information content (AvgIpc) is 3.41. The lowest BCUT2D eigenvalue weighted by Gasteiger charge is -2.27.